The van der Waals surface area contributed by atoms with Crippen molar-refractivity contribution in [1.82, 2.24) is 19.7 Å². The van der Waals surface area contributed by atoms with Crippen LogP contribution in [0.15, 0.2) is 23.1 Å². The van der Waals surface area contributed by atoms with Crippen LogP contribution in [0.2, 0.25) is 0 Å². The maximum atomic E-state index is 11.2. The summed E-state index contributed by atoms with van der Waals surface area (Å²) in [7, 11) is 0. The largest absolute Gasteiger partial charge is 0.476 e. The SMILES string of the molecule is CC(C)c1ncc(-n2cc(Br)cn2)c(C(=O)O)n1. The highest BCUT2D eigenvalue weighted by atomic mass is 79.9. The number of hydrogen-bond acceptors (Lipinski definition) is 4. The van der Waals surface area contributed by atoms with Crippen LogP contribution in [0.1, 0.15) is 36.1 Å². The standard InChI is InChI=1S/C11H11BrN4O2/c1-6(2)10-13-4-8(9(15-10)11(17)18)16-5-7(12)3-14-16/h3-6H,1-2H3,(H,17,18). The third kappa shape index (κ3) is 2.40. The number of aromatic carboxylic acids is 1. The molecule has 94 valence electrons. The van der Waals surface area contributed by atoms with Crippen molar-refractivity contribution in [3.05, 3.63) is 34.6 Å². The van der Waals surface area contributed by atoms with Gasteiger partial charge in [-0.3, -0.25) is 0 Å². The van der Waals surface area contributed by atoms with Crippen LogP contribution in [0.25, 0.3) is 5.69 Å². The number of nitrogens with zero attached hydrogens (tertiary/aromatic N) is 4. The number of rotatable bonds is 3. The van der Waals surface area contributed by atoms with Crippen molar-refractivity contribution in [3.8, 4) is 5.69 Å². The molecule has 0 aliphatic heterocycles. The van der Waals surface area contributed by atoms with Gasteiger partial charge in [0, 0.05) is 12.1 Å². The van der Waals surface area contributed by atoms with Crippen LogP contribution >= 0.6 is 15.9 Å². The van der Waals surface area contributed by atoms with Crippen molar-refractivity contribution in [2.45, 2.75) is 19.8 Å². The van der Waals surface area contributed by atoms with Gasteiger partial charge in [-0.1, -0.05) is 13.8 Å². The van der Waals surface area contributed by atoms with E-state index in [1.165, 1.54) is 10.9 Å². The van der Waals surface area contributed by atoms with Gasteiger partial charge >= 0.3 is 5.97 Å². The molecular formula is C11H11BrN4O2. The minimum Gasteiger partial charge on any atom is -0.476 e. The monoisotopic (exact) mass is 310 g/mol. The Balaban J connectivity index is 2.57. The highest BCUT2D eigenvalue weighted by Crippen LogP contribution is 2.17. The molecule has 2 rings (SSSR count). The second-order valence-electron chi connectivity index (χ2n) is 4.03. The molecule has 0 amide bonds. The Morgan fingerprint density at radius 1 is 1.44 bits per heavy atom. The summed E-state index contributed by atoms with van der Waals surface area (Å²) in [5.74, 6) is -0.523. The van der Waals surface area contributed by atoms with Gasteiger partial charge in [0.25, 0.3) is 0 Å². The maximum Gasteiger partial charge on any atom is 0.356 e. The molecule has 0 saturated carbocycles. The van der Waals surface area contributed by atoms with Gasteiger partial charge in [0.05, 0.1) is 16.9 Å². The molecular weight excluding hydrogens is 300 g/mol. The molecule has 0 atom stereocenters. The average Bonchev–Trinajstić information content (AvgIpc) is 2.74. The minimum atomic E-state index is -1.10. The van der Waals surface area contributed by atoms with Crippen LogP contribution in [0, 0.1) is 0 Å². The van der Waals surface area contributed by atoms with Gasteiger partial charge in [0.15, 0.2) is 5.69 Å². The lowest BCUT2D eigenvalue weighted by molar-refractivity contribution is 0.0689. The van der Waals surface area contributed by atoms with Crippen LogP contribution in [0.5, 0.6) is 0 Å². The molecule has 6 nitrogen and oxygen atoms in total. The molecule has 2 aromatic heterocycles. The van der Waals surface area contributed by atoms with Gasteiger partial charge in [-0.05, 0) is 15.9 Å². The maximum absolute atomic E-state index is 11.2. The third-order valence-electron chi connectivity index (χ3n) is 2.30. The Morgan fingerprint density at radius 3 is 2.67 bits per heavy atom. The Morgan fingerprint density at radius 2 is 2.17 bits per heavy atom. The average molecular weight is 311 g/mol. The number of carbonyl (C=O) groups is 1. The fourth-order valence-corrected chi connectivity index (χ4v) is 1.71. The van der Waals surface area contributed by atoms with Crippen LogP contribution in [0.4, 0.5) is 0 Å². The van der Waals surface area contributed by atoms with E-state index in [1.807, 2.05) is 13.8 Å². The lowest BCUT2D eigenvalue weighted by atomic mass is 10.2. The van der Waals surface area contributed by atoms with E-state index in [0.717, 1.165) is 4.47 Å². The van der Waals surface area contributed by atoms with E-state index in [1.54, 1.807) is 12.4 Å². The molecule has 0 bridgehead atoms. The second kappa shape index (κ2) is 4.85. The molecule has 18 heavy (non-hydrogen) atoms. The highest BCUT2D eigenvalue weighted by molar-refractivity contribution is 9.10. The fourth-order valence-electron chi connectivity index (χ4n) is 1.42. The number of halogens is 1. The summed E-state index contributed by atoms with van der Waals surface area (Å²) in [6.07, 6.45) is 4.70. The van der Waals surface area contributed by atoms with Crippen LogP contribution in [-0.4, -0.2) is 30.8 Å². The fraction of sp³-hybridized carbons (Fsp3) is 0.273. The summed E-state index contributed by atoms with van der Waals surface area (Å²) >= 11 is 3.26. The van der Waals surface area contributed by atoms with Crippen molar-refractivity contribution >= 4 is 21.9 Å². The summed E-state index contributed by atoms with van der Waals surface area (Å²) in [6.45, 7) is 3.82. The molecule has 0 aliphatic rings. The lowest BCUT2D eigenvalue weighted by Crippen LogP contribution is -2.12. The van der Waals surface area contributed by atoms with E-state index in [2.05, 4.69) is 31.0 Å². The summed E-state index contributed by atoms with van der Waals surface area (Å²) in [6, 6.07) is 0. The van der Waals surface area contributed by atoms with E-state index in [4.69, 9.17) is 0 Å². The summed E-state index contributed by atoms with van der Waals surface area (Å²) in [5.41, 5.74) is 0.293. The van der Waals surface area contributed by atoms with Crippen molar-refractivity contribution in [3.63, 3.8) is 0 Å². The molecule has 0 radical (unpaired) electrons. The number of hydrogen-bond donors (Lipinski definition) is 1. The Bertz CT molecular complexity index is 594. The Labute approximate surface area is 112 Å². The molecule has 0 unspecified atom stereocenters. The molecule has 0 aliphatic carbocycles. The first-order chi connectivity index (χ1) is 8.49. The van der Waals surface area contributed by atoms with Crippen LogP contribution in [-0.2, 0) is 0 Å². The van der Waals surface area contributed by atoms with Gasteiger partial charge in [0.2, 0.25) is 0 Å². The van der Waals surface area contributed by atoms with E-state index in [0.29, 0.717) is 11.5 Å². The first-order valence-corrected chi connectivity index (χ1v) is 6.09. The van der Waals surface area contributed by atoms with Crippen molar-refractivity contribution in [1.29, 1.82) is 0 Å². The van der Waals surface area contributed by atoms with Gasteiger partial charge in [-0.25, -0.2) is 19.4 Å². The molecule has 0 aromatic carbocycles. The summed E-state index contributed by atoms with van der Waals surface area (Å²) in [5, 5.41) is 13.2. The number of aromatic nitrogens is 4. The Hall–Kier alpha value is -1.76. The molecule has 0 saturated heterocycles. The lowest BCUT2D eigenvalue weighted by Gasteiger charge is -2.08. The van der Waals surface area contributed by atoms with Gasteiger partial charge in [-0.2, -0.15) is 5.10 Å². The smallest absolute Gasteiger partial charge is 0.356 e. The van der Waals surface area contributed by atoms with Crippen molar-refractivity contribution in [2.75, 3.05) is 0 Å². The van der Waals surface area contributed by atoms with E-state index < -0.39 is 5.97 Å². The summed E-state index contributed by atoms with van der Waals surface area (Å²) < 4.78 is 2.18. The van der Waals surface area contributed by atoms with Crippen molar-refractivity contribution < 1.29 is 9.90 Å². The predicted molar refractivity (Wildman–Crippen MR) is 67.9 cm³/mol. The normalized spacial score (nSPS) is 10.9. The number of carboxylic acids is 1. The molecule has 0 spiro atoms. The predicted octanol–water partition coefficient (Wildman–Crippen LogP) is 2.25. The van der Waals surface area contributed by atoms with Crippen molar-refractivity contribution in [2.24, 2.45) is 0 Å². The zero-order valence-electron chi connectivity index (χ0n) is 9.83. The van der Waals surface area contributed by atoms with Gasteiger partial charge in [-0.15, -0.1) is 0 Å². The van der Waals surface area contributed by atoms with Crippen LogP contribution < -0.4 is 0 Å². The molecule has 0 fully saturated rings. The molecule has 2 aromatic rings. The zero-order valence-corrected chi connectivity index (χ0v) is 11.4. The first-order valence-electron chi connectivity index (χ1n) is 5.30. The number of carboxylic acid groups (broad SMARTS) is 1. The van der Waals surface area contributed by atoms with E-state index in [-0.39, 0.29) is 11.6 Å². The quantitative estimate of drug-likeness (QED) is 0.940. The van der Waals surface area contributed by atoms with E-state index in [9.17, 15) is 9.90 Å². The first kappa shape index (κ1) is 12.7. The zero-order chi connectivity index (χ0) is 13.3. The molecule has 2 heterocycles. The summed E-state index contributed by atoms with van der Waals surface area (Å²) in [4.78, 5) is 19.5. The van der Waals surface area contributed by atoms with Gasteiger partial charge < -0.3 is 5.11 Å². The Kier molecular flexibility index (Phi) is 3.42. The molecule has 7 heteroatoms. The topological polar surface area (TPSA) is 80.9 Å². The third-order valence-corrected chi connectivity index (χ3v) is 2.71. The minimum absolute atomic E-state index is 0.0516. The van der Waals surface area contributed by atoms with Crippen LogP contribution in [0.3, 0.4) is 0 Å². The van der Waals surface area contributed by atoms with Gasteiger partial charge in [0.1, 0.15) is 11.5 Å². The van der Waals surface area contributed by atoms with E-state index >= 15 is 0 Å². The second-order valence-corrected chi connectivity index (χ2v) is 4.94. The molecule has 1 N–H and O–H groups in total. The highest BCUT2D eigenvalue weighted by Gasteiger charge is 2.17.